The van der Waals surface area contributed by atoms with Gasteiger partial charge >= 0.3 is 0 Å². The van der Waals surface area contributed by atoms with E-state index < -0.39 is 0 Å². The number of hydrogen-bond donors (Lipinski definition) is 3. The molecule has 25 heavy (non-hydrogen) atoms. The standard InChI is InChI=1S/C19H14Cl2N2O2/c20-13-9-14(21)11-16(10-13)22-17-8-12(6-7-18(17)24)19(25)23-15-4-2-1-3-5-15/h1-11,22,24H,(H,23,25). The highest BCUT2D eigenvalue weighted by Gasteiger charge is 2.10. The fraction of sp³-hybridized carbons (Fsp3) is 0. The number of anilines is 3. The molecule has 0 unspecified atom stereocenters. The maximum Gasteiger partial charge on any atom is 0.255 e. The summed E-state index contributed by atoms with van der Waals surface area (Å²) in [4.78, 5) is 12.4. The minimum Gasteiger partial charge on any atom is -0.506 e. The van der Waals surface area contributed by atoms with Crippen LogP contribution in [0.1, 0.15) is 10.4 Å². The normalized spacial score (nSPS) is 10.3. The molecule has 0 radical (unpaired) electrons. The van der Waals surface area contributed by atoms with Crippen LogP contribution in [0.25, 0.3) is 0 Å². The van der Waals surface area contributed by atoms with Crippen molar-refractivity contribution in [3.05, 3.63) is 82.3 Å². The number of para-hydroxylation sites is 1. The van der Waals surface area contributed by atoms with E-state index in [-0.39, 0.29) is 11.7 Å². The summed E-state index contributed by atoms with van der Waals surface area (Å²) in [5, 5.41) is 16.8. The SMILES string of the molecule is O=C(Nc1ccccc1)c1ccc(O)c(Nc2cc(Cl)cc(Cl)c2)c1. The van der Waals surface area contributed by atoms with Crippen molar-refractivity contribution in [2.45, 2.75) is 0 Å². The molecule has 0 bridgehead atoms. The summed E-state index contributed by atoms with van der Waals surface area (Å²) in [6, 6.07) is 18.6. The van der Waals surface area contributed by atoms with Crippen LogP contribution in [-0.4, -0.2) is 11.0 Å². The van der Waals surface area contributed by atoms with Crippen LogP contribution in [0.2, 0.25) is 10.0 Å². The van der Waals surface area contributed by atoms with E-state index in [4.69, 9.17) is 23.2 Å². The molecule has 3 aromatic rings. The van der Waals surface area contributed by atoms with Gasteiger partial charge < -0.3 is 15.7 Å². The molecule has 126 valence electrons. The second-order valence-electron chi connectivity index (χ2n) is 5.34. The highest BCUT2D eigenvalue weighted by atomic mass is 35.5. The lowest BCUT2D eigenvalue weighted by Gasteiger charge is -2.11. The van der Waals surface area contributed by atoms with Gasteiger partial charge in [0.2, 0.25) is 0 Å². The number of phenols is 1. The van der Waals surface area contributed by atoms with Crippen LogP contribution in [0, 0.1) is 0 Å². The number of amides is 1. The summed E-state index contributed by atoms with van der Waals surface area (Å²) in [5.74, 6) is -0.272. The molecule has 0 saturated heterocycles. The van der Waals surface area contributed by atoms with E-state index >= 15 is 0 Å². The first-order valence-electron chi connectivity index (χ1n) is 7.44. The Morgan fingerprint density at radius 1 is 0.840 bits per heavy atom. The first-order chi connectivity index (χ1) is 12.0. The summed E-state index contributed by atoms with van der Waals surface area (Å²) in [5.41, 5.74) is 2.07. The third-order valence-corrected chi connectivity index (χ3v) is 3.87. The number of carbonyl (C=O) groups is 1. The molecule has 1 amide bonds. The lowest BCUT2D eigenvalue weighted by molar-refractivity contribution is 0.102. The highest BCUT2D eigenvalue weighted by molar-refractivity contribution is 6.35. The van der Waals surface area contributed by atoms with Gasteiger partial charge in [0.1, 0.15) is 5.75 Å². The Morgan fingerprint density at radius 3 is 2.20 bits per heavy atom. The van der Waals surface area contributed by atoms with Crippen molar-refractivity contribution in [3.8, 4) is 5.75 Å². The van der Waals surface area contributed by atoms with Crippen LogP contribution in [0.4, 0.5) is 17.1 Å². The number of nitrogens with one attached hydrogen (secondary N) is 2. The Bertz CT molecular complexity index is 894. The van der Waals surface area contributed by atoms with Crippen molar-refractivity contribution in [3.63, 3.8) is 0 Å². The van der Waals surface area contributed by atoms with Crippen molar-refractivity contribution in [1.82, 2.24) is 0 Å². The van der Waals surface area contributed by atoms with E-state index in [9.17, 15) is 9.90 Å². The molecule has 0 saturated carbocycles. The summed E-state index contributed by atoms with van der Waals surface area (Å²) in [6.07, 6.45) is 0. The molecule has 0 heterocycles. The predicted molar refractivity (Wildman–Crippen MR) is 102 cm³/mol. The second-order valence-corrected chi connectivity index (χ2v) is 6.21. The topological polar surface area (TPSA) is 61.4 Å². The Balaban J connectivity index is 1.83. The van der Waals surface area contributed by atoms with Crippen molar-refractivity contribution >= 4 is 46.2 Å². The number of carbonyl (C=O) groups excluding carboxylic acids is 1. The Hall–Kier alpha value is -2.69. The Kier molecular flexibility index (Phi) is 5.12. The summed E-state index contributed by atoms with van der Waals surface area (Å²) >= 11 is 12.0. The van der Waals surface area contributed by atoms with Gasteiger partial charge in [-0.3, -0.25) is 4.79 Å². The first kappa shape index (κ1) is 17.1. The van der Waals surface area contributed by atoms with Crippen LogP contribution < -0.4 is 10.6 Å². The molecule has 0 fully saturated rings. The average molecular weight is 373 g/mol. The van der Waals surface area contributed by atoms with Gasteiger partial charge in [0.25, 0.3) is 5.91 Å². The van der Waals surface area contributed by atoms with Gasteiger partial charge in [-0.25, -0.2) is 0 Å². The minimum absolute atomic E-state index is 0.00681. The molecular formula is C19H14Cl2N2O2. The molecule has 0 aliphatic heterocycles. The van der Waals surface area contributed by atoms with E-state index in [2.05, 4.69) is 10.6 Å². The van der Waals surface area contributed by atoms with Crippen LogP contribution in [0.3, 0.4) is 0 Å². The van der Waals surface area contributed by atoms with E-state index in [1.165, 1.54) is 6.07 Å². The number of rotatable bonds is 4. The lowest BCUT2D eigenvalue weighted by Crippen LogP contribution is -2.12. The summed E-state index contributed by atoms with van der Waals surface area (Å²) < 4.78 is 0. The lowest BCUT2D eigenvalue weighted by atomic mass is 10.1. The van der Waals surface area contributed by atoms with Crippen LogP contribution >= 0.6 is 23.2 Å². The number of hydrogen-bond acceptors (Lipinski definition) is 3. The molecule has 4 nitrogen and oxygen atoms in total. The van der Waals surface area contributed by atoms with Crippen molar-refractivity contribution in [2.75, 3.05) is 10.6 Å². The monoisotopic (exact) mass is 372 g/mol. The zero-order valence-corrected chi connectivity index (χ0v) is 14.5. The third-order valence-electron chi connectivity index (χ3n) is 3.43. The number of halogens is 2. The molecule has 0 aromatic heterocycles. The van der Waals surface area contributed by atoms with Crippen molar-refractivity contribution < 1.29 is 9.90 Å². The fourth-order valence-corrected chi connectivity index (χ4v) is 2.81. The molecule has 0 aliphatic rings. The van der Waals surface area contributed by atoms with Crippen LogP contribution in [0.15, 0.2) is 66.7 Å². The van der Waals surface area contributed by atoms with E-state index in [1.807, 2.05) is 18.2 Å². The summed E-state index contributed by atoms with van der Waals surface area (Å²) in [7, 11) is 0. The van der Waals surface area contributed by atoms with Gasteiger partial charge in [0, 0.05) is 27.0 Å². The molecule has 3 N–H and O–H groups in total. The van der Waals surface area contributed by atoms with Crippen molar-refractivity contribution in [2.24, 2.45) is 0 Å². The van der Waals surface area contributed by atoms with Gasteiger partial charge in [-0.1, -0.05) is 41.4 Å². The fourth-order valence-electron chi connectivity index (χ4n) is 2.28. The number of benzene rings is 3. The molecule has 3 aromatic carbocycles. The van der Waals surface area contributed by atoms with Gasteiger partial charge in [-0.2, -0.15) is 0 Å². The molecule has 0 spiro atoms. The third kappa shape index (κ3) is 4.44. The van der Waals surface area contributed by atoms with Crippen molar-refractivity contribution in [1.29, 1.82) is 0 Å². The number of phenolic OH excluding ortho intramolecular Hbond substituents is 1. The molecule has 0 atom stereocenters. The molecule has 3 rings (SSSR count). The molecular weight excluding hydrogens is 359 g/mol. The van der Waals surface area contributed by atoms with Gasteiger partial charge in [0.15, 0.2) is 0 Å². The maximum atomic E-state index is 12.4. The smallest absolute Gasteiger partial charge is 0.255 e. The van der Waals surface area contributed by atoms with Gasteiger partial charge in [0.05, 0.1) is 5.69 Å². The average Bonchev–Trinajstić information content (AvgIpc) is 2.57. The Morgan fingerprint density at radius 2 is 1.52 bits per heavy atom. The van der Waals surface area contributed by atoms with E-state index in [0.29, 0.717) is 32.7 Å². The summed E-state index contributed by atoms with van der Waals surface area (Å²) in [6.45, 7) is 0. The highest BCUT2D eigenvalue weighted by Crippen LogP contribution is 2.30. The Labute approximate surface area is 155 Å². The molecule has 0 aliphatic carbocycles. The predicted octanol–water partition coefficient (Wildman–Crippen LogP) is 5.69. The van der Waals surface area contributed by atoms with Crippen LogP contribution in [-0.2, 0) is 0 Å². The van der Waals surface area contributed by atoms with Gasteiger partial charge in [-0.15, -0.1) is 0 Å². The van der Waals surface area contributed by atoms with Crippen LogP contribution in [0.5, 0.6) is 5.75 Å². The zero-order valence-electron chi connectivity index (χ0n) is 13.0. The van der Waals surface area contributed by atoms with Gasteiger partial charge in [-0.05, 0) is 48.5 Å². The minimum atomic E-state index is -0.279. The quantitative estimate of drug-likeness (QED) is 0.515. The van der Waals surface area contributed by atoms with E-state index in [0.717, 1.165) is 0 Å². The maximum absolute atomic E-state index is 12.4. The molecule has 6 heteroatoms. The number of aromatic hydroxyl groups is 1. The zero-order chi connectivity index (χ0) is 17.8. The largest absolute Gasteiger partial charge is 0.506 e. The second kappa shape index (κ2) is 7.47. The first-order valence-corrected chi connectivity index (χ1v) is 8.19. The van der Waals surface area contributed by atoms with E-state index in [1.54, 1.807) is 42.5 Å².